The number of anilines is 2. The minimum atomic E-state index is -1.04. The number of fused-ring (bicyclic) bond motifs is 4. The molecule has 68 heavy (non-hydrogen) atoms. The standard InChI is InChI=1S/C50H50N6O12/c1-63-41-16-12-31(26-42(41)64-2)35-27-39(54-47-33-6-3-4-8-37(33)53-44(58)28-36(35)47)30-10-13-32(14-11-30)68-29-45(59)52-19-21-66-23-25-67-24-22-65-20-18-51-38-9-5-7-34-46(38)50(62)56(49(34)61)40-15-17-43(57)55-48(40)60/h3-14,16,26-27,40,51H,15,17-25,28-29H2,1-2H3,(H,52,59)(H,53,58)(H,55,57,60). The second kappa shape index (κ2) is 21.8. The number of hydrogen-bond acceptors (Lipinski definition) is 14. The monoisotopic (exact) mass is 926 g/mol. The summed E-state index contributed by atoms with van der Waals surface area (Å²) in [5, 5.41) is 11.1. The Morgan fingerprint density at radius 2 is 1.41 bits per heavy atom. The van der Waals surface area contributed by atoms with Gasteiger partial charge in [-0.1, -0.05) is 30.3 Å². The van der Waals surface area contributed by atoms with Crippen LogP contribution in [0, 0.1) is 0 Å². The van der Waals surface area contributed by atoms with Gasteiger partial charge in [0.25, 0.3) is 17.7 Å². The third-order valence-electron chi connectivity index (χ3n) is 11.5. The summed E-state index contributed by atoms with van der Waals surface area (Å²) in [6.45, 7) is 2.31. The molecule has 3 aliphatic heterocycles. The zero-order chi connectivity index (χ0) is 47.6. The maximum atomic E-state index is 13.2. The number of nitrogens with one attached hydrogen (secondary N) is 4. The summed E-state index contributed by atoms with van der Waals surface area (Å²) in [6, 6.07) is 26.4. The zero-order valence-electron chi connectivity index (χ0n) is 37.5. The van der Waals surface area contributed by atoms with Crippen molar-refractivity contribution in [1.82, 2.24) is 20.5 Å². The van der Waals surface area contributed by atoms with E-state index in [4.69, 9.17) is 33.4 Å². The number of nitrogens with zero attached hydrogens (tertiary/aromatic N) is 2. The van der Waals surface area contributed by atoms with Crippen LogP contribution in [0.5, 0.6) is 17.2 Å². The van der Waals surface area contributed by atoms with Crippen LogP contribution in [0.15, 0.2) is 91.0 Å². The van der Waals surface area contributed by atoms with Crippen molar-refractivity contribution < 1.29 is 57.2 Å². The second-order valence-corrected chi connectivity index (χ2v) is 15.8. The summed E-state index contributed by atoms with van der Waals surface area (Å²) in [7, 11) is 3.16. The van der Waals surface area contributed by atoms with Gasteiger partial charge in [-0.3, -0.25) is 39.0 Å². The number of hydrogen-bond donors (Lipinski definition) is 4. The minimum Gasteiger partial charge on any atom is -0.493 e. The maximum Gasteiger partial charge on any atom is 0.264 e. The number of amides is 6. The summed E-state index contributed by atoms with van der Waals surface area (Å²) < 4.78 is 33.6. The fraction of sp³-hybridized carbons (Fsp3) is 0.300. The SMILES string of the molecule is COc1ccc(-c2cc(-c3ccc(OCC(=O)NCCOCCOCCOCCNc4cccc5c4C(=O)N(C4CCC(=O)NC4=O)C5=O)cc3)nc3c2CC(=O)Nc2ccccc2-3)cc1OC. The van der Waals surface area contributed by atoms with Crippen molar-refractivity contribution in [2.24, 2.45) is 0 Å². The van der Waals surface area contributed by atoms with Crippen molar-refractivity contribution >= 4 is 46.8 Å². The fourth-order valence-corrected chi connectivity index (χ4v) is 8.18. The van der Waals surface area contributed by atoms with Gasteiger partial charge in [0.1, 0.15) is 11.8 Å². The van der Waals surface area contributed by atoms with Crippen molar-refractivity contribution in [3.63, 3.8) is 0 Å². The van der Waals surface area contributed by atoms with E-state index in [9.17, 15) is 28.8 Å². The van der Waals surface area contributed by atoms with Crippen LogP contribution in [0.25, 0.3) is 33.6 Å². The van der Waals surface area contributed by atoms with Crippen LogP contribution in [-0.2, 0) is 39.8 Å². The number of aromatic nitrogens is 1. The van der Waals surface area contributed by atoms with Crippen LogP contribution in [-0.4, -0.2) is 125 Å². The van der Waals surface area contributed by atoms with Gasteiger partial charge < -0.3 is 44.4 Å². The van der Waals surface area contributed by atoms with E-state index in [0.717, 1.165) is 32.7 Å². The Bertz CT molecular complexity index is 2730. The lowest BCUT2D eigenvalue weighted by Gasteiger charge is -2.27. The fourth-order valence-electron chi connectivity index (χ4n) is 8.18. The number of piperidine rings is 1. The summed E-state index contributed by atoms with van der Waals surface area (Å²) >= 11 is 0. The highest BCUT2D eigenvalue weighted by Gasteiger charge is 2.45. The van der Waals surface area contributed by atoms with E-state index in [2.05, 4.69) is 21.3 Å². The molecule has 3 aliphatic rings. The molecule has 1 aromatic heterocycles. The molecule has 4 heterocycles. The van der Waals surface area contributed by atoms with Crippen molar-refractivity contribution in [3.8, 4) is 50.9 Å². The van der Waals surface area contributed by atoms with Gasteiger partial charge in [-0.25, -0.2) is 4.98 Å². The van der Waals surface area contributed by atoms with E-state index in [1.165, 1.54) is 6.07 Å². The molecule has 352 valence electrons. The van der Waals surface area contributed by atoms with E-state index in [1.54, 1.807) is 38.5 Å². The normalized spacial score (nSPS) is 15.1. The largest absolute Gasteiger partial charge is 0.493 e. The van der Waals surface area contributed by atoms with Crippen LogP contribution < -0.4 is 35.5 Å². The van der Waals surface area contributed by atoms with Crippen molar-refractivity contribution in [3.05, 3.63) is 108 Å². The Labute approximate surface area is 391 Å². The van der Waals surface area contributed by atoms with E-state index in [0.29, 0.717) is 79.6 Å². The topological polar surface area (TPSA) is 222 Å². The molecular formula is C50H50N6O12. The van der Waals surface area contributed by atoms with Crippen LogP contribution in [0.1, 0.15) is 39.1 Å². The first kappa shape index (κ1) is 46.8. The first-order chi connectivity index (χ1) is 33.1. The van der Waals surface area contributed by atoms with Crippen LogP contribution in [0.3, 0.4) is 0 Å². The lowest BCUT2D eigenvalue weighted by Crippen LogP contribution is -2.54. The Kier molecular flexibility index (Phi) is 15.0. The molecule has 8 rings (SSSR count). The quantitative estimate of drug-likeness (QED) is 0.0582. The lowest BCUT2D eigenvalue weighted by atomic mass is 9.92. The smallest absolute Gasteiger partial charge is 0.264 e. The molecule has 0 bridgehead atoms. The molecular weight excluding hydrogens is 877 g/mol. The highest BCUT2D eigenvalue weighted by atomic mass is 16.5. The summed E-state index contributed by atoms with van der Waals surface area (Å²) in [6.07, 6.45) is 0.261. The van der Waals surface area contributed by atoms with Gasteiger partial charge in [-0.05, 0) is 83.8 Å². The number of carbonyl (C=O) groups is 6. The maximum absolute atomic E-state index is 13.2. The van der Waals surface area contributed by atoms with Crippen molar-refractivity contribution in [1.29, 1.82) is 0 Å². The molecule has 6 amide bonds. The minimum absolute atomic E-state index is 0.0475. The Balaban J connectivity index is 0.732. The average Bonchev–Trinajstić information content (AvgIpc) is 3.50. The van der Waals surface area contributed by atoms with E-state index < -0.39 is 29.7 Å². The molecule has 4 N–H and O–H groups in total. The van der Waals surface area contributed by atoms with Gasteiger partial charge in [0.15, 0.2) is 18.1 Å². The number of carbonyl (C=O) groups excluding carboxylic acids is 6. The van der Waals surface area contributed by atoms with Gasteiger partial charge in [0.2, 0.25) is 17.7 Å². The van der Waals surface area contributed by atoms with Crippen LogP contribution in [0.4, 0.5) is 11.4 Å². The first-order valence-corrected chi connectivity index (χ1v) is 22.1. The predicted octanol–water partition coefficient (Wildman–Crippen LogP) is 4.65. The lowest BCUT2D eigenvalue weighted by molar-refractivity contribution is -0.136. The molecule has 1 unspecified atom stereocenters. The Hall–Kier alpha value is -7.67. The summed E-state index contributed by atoms with van der Waals surface area (Å²) in [5.41, 5.74) is 6.98. The Morgan fingerprint density at radius 1 is 0.706 bits per heavy atom. The molecule has 18 heteroatoms. The zero-order valence-corrected chi connectivity index (χ0v) is 37.5. The number of benzene rings is 4. The number of ether oxygens (including phenoxy) is 6. The van der Waals surface area contributed by atoms with E-state index >= 15 is 0 Å². The average molecular weight is 927 g/mol. The molecule has 1 atom stereocenters. The molecule has 0 radical (unpaired) electrons. The molecule has 0 aliphatic carbocycles. The van der Waals surface area contributed by atoms with Crippen molar-refractivity contribution in [2.45, 2.75) is 25.3 Å². The predicted molar refractivity (Wildman–Crippen MR) is 249 cm³/mol. The summed E-state index contributed by atoms with van der Waals surface area (Å²) in [4.78, 5) is 81.9. The van der Waals surface area contributed by atoms with Gasteiger partial charge in [0.05, 0.1) is 88.5 Å². The van der Waals surface area contributed by atoms with E-state index in [-0.39, 0.29) is 62.0 Å². The molecule has 0 saturated carbocycles. The number of rotatable bonds is 21. The third kappa shape index (κ3) is 10.6. The summed E-state index contributed by atoms with van der Waals surface area (Å²) in [5.74, 6) is -1.04. The molecule has 1 saturated heterocycles. The molecule has 1 fully saturated rings. The highest BCUT2D eigenvalue weighted by Crippen LogP contribution is 2.42. The number of para-hydroxylation sites is 1. The number of imide groups is 2. The highest BCUT2D eigenvalue weighted by molar-refractivity contribution is 6.25. The number of pyridine rings is 1. The van der Waals surface area contributed by atoms with Crippen molar-refractivity contribution in [2.75, 3.05) is 84.2 Å². The molecule has 0 spiro atoms. The Morgan fingerprint density at radius 3 is 2.16 bits per heavy atom. The van der Waals surface area contributed by atoms with Crippen LogP contribution >= 0.6 is 0 Å². The molecule has 18 nitrogen and oxygen atoms in total. The number of methoxy groups -OCH3 is 2. The molecule has 5 aromatic rings. The van der Waals surface area contributed by atoms with Gasteiger partial charge in [-0.2, -0.15) is 0 Å². The van der Waals surface area contributed by atoms with Gasteiger partial charge in [-0.15, -0.1) is 0 Å². The van der Waals surface area contributed by atoms with Gasteiger partial charge in [0, 0.05) is 36.3 Å². The third-order valence-corrected chi connectivity index (χ3v) is 11.5. The first-order valence-electron chi connectivity index (χ1n) is 22.1. The van der Waals surface area contributed by atoms with E-state index in [1.807, 2.05) is 60.7 Å². The molecule has 4 aromatic carbocycles. The van der Waals surface area contributed by atoms with Gasteiger partial charge >= 0.3 is 0 Å². The second-order valence-electron chi connectivity index (χ2n) is 15.8. The van der Waals surface area contributed by atoms with Crippen LogP contribution in [0.2, 0.25) is 0 Å².